The maximum Gasteiger partial charge on any atom is 0.360 e. The minimum atomic E-state index is -3.34. The highest BCUT2D eigenvalue weighted by molar-refractivity contribution is 7.62. The van der Waals surface area contributed by atoms with Gasteiger partial charge in [0.15, 0.2) is 5.78 Å². The number of ketones is 1. The number of carbonyl (C=O) groups excluding carboxylic acids is 1. The standard InChI is InChI=1S/C32H37O5P/c1-31-20-28(21-9-13-25(14-10-21)38(35,36-2)37-3)30-26-16-12-24(33)19-22(26)11-15-27(30)29(31)17-18-32(31,34)23-7-5-4-6-8-23/h4-10,13-14,19,27-29,34H,11-12,15-18,20H2,1-3H3/t27-,28+,29-,31-,32+/m0/s1. The van der Waals surface area contributed by atoms with Crippen molar-refractivity contribution in [3.05, 3.63) is 88.5 Å². The van der Waals surface area contributed by atoms with E-state index in [0.717, 1.165) is 49.7 Å². The molecule has 200 valence electrons. The molecule has 0 aromatic heterocycles. The van der Waals surface area contributed by atoms with Crippen LogP contribution in [0.1, 0.15) is 68.9 Å². The van der Waals surface area contributed by atoms with E-state index >= 15 is 0 Å². The van der Waals surface area contributed by atoms with Crippen LogP contribution < -0.4 is 5.30 Å². The van der Waals surface area contributed by atoms with E-state index in [1.807, 2.05) is 36.4 Å². The lowest BCUT2D eigenvalue weighted by molar-refractivity contribution is -0.114. The van der Waals surface area contributed by atoms with E-state index in [1.54, 1.807) is 0 Å². The Labute approximate surface area is 225 Å². The summed E-state index contributed by atoms with van der Waals surface area (Å²) < 4.78 is 23.5. The molecule has 2 saturated carbocycles. The smallest absolute Gasteiger partial charge is 0.360 e. The molecule has 0 unspecified atom stereocenters. The molecule has 6 rings (SSSR count). The number of aliphatic hydroxyl groups is 1. The van der Waals surface area contributed by atoms with E-state index in [0.29, 0.717) is 23.6 Å². The zero-order valence-electron chi connectivity index (χ0n) is 22.5. The Morgan fingerprint density at radius 2 is 1.66 bits per heavy atom. The van der Waals surface area contributed by atoms with Crippen LogP contribution in [0.2, 0.25) is 0 Å². The van der Waals surface area contributed by atoms with Crippen molar-refractivity contribution >= 4 is 18.7 Å². The van der Waals surface area contributed by atoms with Crippen LogP contribution in [0, 0.1) is 17.3 Å². The Kier molecular flexibility index (Phi) is 6.43. The van der Waals surface area contributed by atoms with Gasteiger partial charge in [-0.15, -0.1) is 0 Å². The Hall–Kier alpha value is -2.30. The molecule has 4 aliphatic carbocycles. The third-order valence-corrected chi connectivity index (χ3v) is 12.1. The van der Waals surface area contributed by atoms with E-state index in [-0.39, 0.29) is 17.1 Å². The fourth-order valence-electron chi connectivity index (χ4n) is 8.33. The Morgan fingerprint density at radius 3 is 2.34 bits per heavy atom. The third kappa shape index (κ3) is 3.78. The van der Waals surface area contributed by atoms with Crippen LogP contribution in [-0.2, 0) is 24.0 Å². The monoisotopic (exact) mass is 532 g/mol. The lowest BCUT2D eigenvalue weighted by Gasteiger charge is -2.55. The number of rotatable bonds is 5. The van der Waals surface area contributed by atoms with E-state index in [4.69, 9.17) is 9.05 Å². The second-order valence-corrected chi connectivity index (χ2v) is 14.0. The van der Waals surface area contributed by atoms with Crippen molar-refractivity contribution in [2.45, 2.75) is 63.4 Å². The molecular weight excluding hydrogens is 495 g/mol. The van der Waals surface area contributed by atoms with Gasteiger partial charge < -0.3 is 14.2 Å². The Morgan fingerprint density at radius 1 is 0.947 bits per heavy atom. The van der Waals surface area contributed by atoms with Crippen LogP contribution >= 0.6 is 7.60 Å². The van der Waals surface area contributed by atoms with Gasteiger partial charge in [0.05, 0.1) is 10.9 Å². The van der Waals surface area contributed by atoms with Crippen molar-refractivity contribution < 1.29 is 23.5 Å². The van der Waals surface area contributed by atoms with E-state index in [2.05, 4.69) is 31.2 Å². The molecule has 0 saturated heterocycles. The van der Waals surface area contributed by atoms with Crippen LogP contribution in [0.4, 0.5) is 0 Å². The average Bonchev–Trinajstić information content (AvgIpc) is 3.23. The summed E-state index contributed by atoms with van der Waals surface area (Å²) in [5.41, 5.74) is 5.05. The SMILES string of the molecule is COP(=O)(OC)c1ccc([C@H]2C[C@@]3(C)[C@@H](CC[C@@]3(O)c3ccccc3)[C@@H]3CCC4=CC(=O)CCC4=C32)cc1. The van der Waals surface area contributed by atoms with E-state index < -0.39 is 13.2 Å². The lowest BCUT2D eigenvalue weighted by Crippen LogP contribution is -2.50. The van der Waals surface area contributed by atoms with Crippen LogP contribution in [0.5, 0.6) is 0 Å². The number of allylic oxidation sites excluding steroid dienone is 4. The van der Waals surface area contributed by atoms with Gasteiger partial charge in [-0.1, -0.05) is 55.0 Å². The minimum absolute atomic E-state index is 0.111. The van der Waals surface area contributed by atoms with Gasteiger partial charge in [0, 0.05) is 32.0 Å². The molecule has 0 radical (unpaired) electrons. The average molecular weight is 533 g/mol. The molecule has 0 spiro atoms. The molecule has 2 aromatic rings. The molecule has 4 aliphatic rings. The van der Waals surface area contributed by atoms with Crippen LogP contribution in [0.15, 0.2) is 77.4 Å². The first kappa shape index (κ1) is 26.0. The van der Waals surface area contributed by atoms with Crippen molar-refractivity contribution in [1.82, 2.24) is 0 Å². The zero-order valence-corrected chi connectivity index (χ0v) is 23.4. The topological polar surface area (TPSA) is 72.8 Å². The zero-order chi connectivity index (χ0) is 26.7. The Bertz CT molecular complexity index is 1350. The highest BCUT2D eigenvalue weighted by atomic mass is 31.2. The quantitative estimate of drug-likeness (QED) is 0.440. The van der Waals surface area contributed by atoms with Crippen LogP contribution in [-0.4, -0.2) is 25.1 Å². The third-order valence-electron chi connectivity index (χ3n) is 10.2. The van der Waals surface area contributed by atoms with Gasteiger partial charge in [-0.05, 0) is 90.8 Å². The van der Waals surface area contributed by atoms with Crippen molar-refractivity contribution in [3.8, 4) is 0 Å². The predicted molar refractivity (Wildman–Crippen MR) is 148 cm³/mol. The number of carbonyl (C=O) groups is 1. The van der Waals surface area contributed by atoms with Gasteiger partial charge in [-0.3, -0.25) is 9.36 Å². The lowest BCUT2D eigenvalue weighted by atomic mass is 9.50. The van der Waals surface area contributed by atoms with Crippen molar-refractivity contribution in [3.63, 3.8) is 0 Å². The summed E-state index contributed by atoms with van der Waals surface area (Å²) in [6.07, 6.45) is 7.79. The second kappa shape index (κ2) is 9.41. The summed E-state index contributed by atoms with van der Waals surface area (Å²) >= 11 is 0. The van der Waals surface area contributed by atoms with Crippen LogP contribution in [0.25, 0.3) is 0 Å². The number of hydrogen-bond acceptors (Lipinski definition) is 5. The molecule has 0 aliphatic heterocycles. The fraction of sp³-hybridized carbons (Fsp3) is 0.469. The Balaban J connectivity index is 1.50. The molecule has 1 N–H and O–H groups in total. The fourth-order valence-corrected chi connectivity index (χ4v) is 9.41. The maximum absolute atomic E-state index is 13.0. The molecule has 2 fully saturated rings. The molecule has 5 atom stereocenters. The minimum Gasteiger partial charge on any atom is -0.385 e. The van der Waals surface area contributed by atoms with Gasteiger partial charge in [0.25, 0.3) is 0 Å². The predicted octanol–water partition coefficient (Wildman–Crippen LogP) is 6.59. The summed E-state index contributed by atoms with van der Waals surface area (Å²) in [4.78, 5) is 12.3. The summed E-state index contributed by atoms with van der Waals surface area (Å²) in [5, 5.41) is 12.9. The first-order valence-electron chi connectivity index (χ1n) is 13.8. The molecule has 0 bridgehead atoms. The summed E-state index contributed by atoms with van der Waals surface area (Å²) in [6.45, 7) is 2.31. The molecule has 0 heterocycles. The first-order chi connectivity index (χ1) is 18.2. The normalized spacial score (nSPS) is 32.9. The first-order valence-corrected chi connectivity index (χ1v) is 15.3. The molecule has 38 heavy (non-hydrogen) atoms. The second-order valence-electron chi connectivity index (χ2n) is 11.7. The number of benzene rings is 2. The van der Waals surface area contributed by atoms with Crippen LogP contribution in [0.3, 0.4) is 0 Å². The van der Waals surface area contributed by atoms with Gasteiger partial charge in [-0.25, -0.2) is 0 Å². The van der Waals surface area contributed by atoms with E-state index in [9.17, 15) is 14.5 Å². The maximum atomic E-state index is 13.0. The van der Waals surface area contributed by atoms with Crippen molar-refractivity contribution in [1.29, 1.82) is 0 Å². The summed E-state index contributed by atoms with van der Waals surface area (Å²) in [6, 6.07) is 18.0. The highest BCUT2D eigenvalue weighted by Crippen LogP contribution is 2.69. The largest absolute Gasteiger partial charge is 0.385 e. The number of hydrogen-bond donors (Lipinski definition) is 1. The highest BCUT2D eigenvalue weighted by Gasteiger charge is 2.63. The summed E-state index contributed by atoms with van der Waals surface area (Å²) in [7, 11) is -0.534. The molecule has 6 heteroatoms. The van der Waals surface area contributed by atoms with Gasteiger partial charge in [-0.2, -0.15) is 0 Å². The van der Waals surface area contributed by atoms with Crippen molar-refractivity contribution in [2.75, 3.05) is 14.2 Å². The molecule has 0 amide bonds. The van der Waals surface area contributed by atoms with E-state index in [1.165, 1.54) is 30.9 Å². The molecule has 2 aromatic carbocycles. The van der Waals surface area contributed by atoms with Gasteiger partial charge >= 0.3 is 7.60 Å². The van der Waals surface area contributed by atoms with Crippen molar-refractivity contribution in [2.24, 2.45) is 17.3 Å². The molecular formula is C32H37O5P. The van der Waals surface area contributed by atoms with Gasteiger partial charge in [0.2, 0.25) is 0 Å². The molecule has 5 nitrogen and oxygen atoms in total. The van der Waals surface area contributed by atoms with Gasteiger partial charge in [0.1, 0.15) is 0 Å². The summed E-state index contributed by atoms with van der Waals surface area (Å²) in [5.74, 6) is 1.10. The number of fused-ring (bicyclic) bond motifs is 4.